The number of hydrogen-bond donors (Lipinski definition) is 1. The highest BCUT2D eigenvalue weighted by Crippen LogP contribution is 2.30. The number of aromatic nitrogens is 2. The summed E-state index contributed by atoms with van der Waals surface area (Å²) < 4.78 is 0. The van der Waals surface area contributed by atoms with Crippen molar-refractivity contribution in [1.29, 1.82) is 0 Å². The van der Waals surface area contributed by atoms with Crippen LogP contribution in [0.4, 0.5) is 11.8 Å². The van der Waals surface area contributed by atoms with Gasteiger partial charge in [0, 0.05) is 18.5 Å². The normalized spacial score (nSPS) is 10.9. The summed E-state index contributed by atoms with van der Waals surface area (Å²) in [6.07, 6.45) is 1.09. The summed E-state index contributed by atoms with van der Waals surface area (Å²) in [5, 5.41) is 1.10. The second-order valence-electron chi connectivity index (χ2n) is 3.90. The molecule has 0 spiro atoms. The van der Waals surface area contributed by atoms with Crippen molar-refractivity contribution in [3.63, 3.8) is 0 Å². The van der Waals surface area contributed by atoms with Gasteiger partial charge in [0.1, 0.15) is 10.6 Å². The second-order valence-corrected chi connectivity index (χ2v) is 5.14. The Morgan fingerprint density at radius 3 is 2.88 bits per heavy atom. The van der Waals surface area contributed by atoms with E-state index in [1.807, 2.05) is 7.05 Å². The minimum absolute atomic E-state index is 0.354. The molecular weight excluding hydrogens is 220 g/mol. The number of aryl methyl sites for hydroxylation is 1. The minimum Gasteiger partial charge on any atom is -0.368 e. The zero-order valence-corrected chi connectivity index (χ0v) is 10.6. The van der Waals surface area contributed by atoms with E-state index in [4.69, 9.17) is 5.73 Å². The summed E-state index contributed by atoms with van der Waals surface area (Å²) >= 11 is 1.66. The van der Waals surface area contributed by atoms with E-state index in [0.29, 0.717) is 5.95 Å². The average molecular weight is 236 g/mol. The van der Waals surface area contributed by atoms with Crippen molar-refractivity contribution in [2.24, 2.45) is 0 Å². The topological polar surface area (TPSA) is 55.0 Å². The van der Waals surface area contributed by atoms with Crippen LogP contribution in [0.5, 0.6) is 0 Å². The lowest BCUT2D eigenvalue weighted by Gasteiger charge is -2.17. The lowest BCUT2D eigenvalue weighted by molar-refractivity contribution is 0.841. The van der Waals surface area contributed by atoms with Crippen molar-refractivity contribution in [3.8, 4) is 0 Å². The van der Waals surface area contributed by atoms with Gasteiger partial charge in [-0.25, -0.2) is 4.98 Å². The zero-order chi connectivity index (χ0) is 11.7. The Bertz CT molecular complexity index is 506. The Hall–Kier alpha value is -1.36. The SMILES string of the molecule is CCCN(C)c1nc(N)nc2sc(C)cc12. The van der Waals surface area contributed by atoms with Crippen LogP contribution in [-0.2, 0) is 0 Å². The monoisotopic (exact) mass is 236 g/mol. The summed E-state index contributed by atoms with van der Waals surface area (Å²) in [7, 11) is 2.04. The van der Waals surface area contributed by atoms with E-state index in [2.05, 4.69) is 34.8 Å². The van der Waals surface area contributed by atoms with Gasteiger partial charge in [-0.15, -0.1) is 11.3 Å². The van der Waals surface area contributed by atoms with Crippen LogP contribution < -0.4 is 10.6 Å². The van der Waals surface area contributed by atoms with Crippen LogP contribution in [-0.4, -0.2) is 23.6 Å². The Morgan fingerprint density at radius 1 is 1.44 bits per heavy atom. The van der Waals surface area contributed by atoms with Crippen molar-refractivity contribution in [2.75, 3.05) is 24.2 Å². The first-order valence-corrected chi connectivity index (χ1v) is 6.18. The van der Waals surface area contributed by atoms with Gasteiger partial charge in [0.25, 0.3) is 0 Å². The van der Waals surface area contributed by atoms with E-state index < -0.39 is 0 Å². The Kier molecular flexibility index (Phi) is 2.96. The van der Waals surface area contributed by atoms with Gasteiger partial charge in [0.15, 0.2) is 0 Å². The smallest absolute Gasteiger partial charge is 0.223 e. The number of anilines is 2. The number of rotatable bonds is 3. The van der Waals surface area contributed by atoms with Gasteiger partial charge >= 0.3 is 0 Å². The Balaban J connectivity index is 2.57. The van der Waals surface area contributed by atoms with Gasteiger partial charge in [0.05, 0.1) is 5.39 Å². The van der Waals surface area contributed by atoms with Gasteiger partial charge < -0.3 is 10.6 Å². The standard InChI is InChI=1S/C11H16N4S/c1-4-5-15(3)9-8-6-7(2)16-10(8)14-11(12)13-9/h6H,4-5H2,1-3H3,(H2,12,13,14). The fourth-order valence-corrected chi connectivity index (χ4v) is 2.66. The molecular formula is C11H16N4S. The molecule has 4 nitrogen and oxygen atoms in total. The number of nitrogens with zero attached hydrogens (tertiary/aromatic N) is 3. The van der Waals surface area contributed by atoms with Crippen LogP contribution in [0.1, 0.15) is 18.2 Å². The van der Waals surface area contributed by atoms with E-state index in [-0.39, 0.29) is 0 Å². The van der Waals surface area contributed by atoms with Crippen molar-refractivity contribution >= 4 is 33.3 Å². The quantitative estimate of drug-likeness (QED) is 0.889. The lowest BCUT2D eigenvalue weighted by Crippen LogP contribution is -2.19. The number of nitrogens with two attached hydrogens (primary N) is 1. The predicted octanol–water partition coefficient (Wildman–Crippen LogP) is 2.43. The first-order chi connectivity index (χ1) is 7.61. The largest absolute Gasteiger partial charge is 0.368 e. The van der Waals surface area contributed by atoms with Gasteiger partial charge in [-0.3, -0.25) is 0 Å². The van der Waals surface area contributed by atoms with Crippen molar-refractivity contribution in [3.05, 3.63) is 10.9 Å². The van der Waals surface area contributed by atoms with Crippen LogP contribution in [0.2, 0.25) is 0 Å². The highest BCUT2D eigenvalue weighted by Gasteiger charge is 2.12. The molecule has 0 aliphatic carbocycles. The third-order valence-electron chi connectivity index (χ3n) is 2.43. The van der Waals surface area contributed by atoms with Crippen LogP contribution >= 0.6 is 11.3 Å². The first kappa shape index (κ1) is 11.1. The summed E-state index contributed by atoms with van der Waals surface area (Å²) in [5.74, 6) is 1.29. The van der Waals surface area contributed by atoms with E-state index in [1.165, 1.54) is 4.88 Å². The van der Waals surface area contributed by atoms with Crippen LogP contribution in [0.3, 0.4) is 0 Å². The van der Waals surface area contributed by atoms with Crippen LogP contribution in [0, 0.1) is 6.92 Å². The summed E-state index contributed by atoms with van der Waals surface area (Å²) in [6, 6.07) is 2.13. The summed E-state index contributed by atoms with van der Waals surface area (Å²) in [4.78, 5) is 12.9. The molecule has 2 N–H and O–H groups in total. The van der Waals surface area contributed by atoms with Crippen LogP contribution in [0.25, 0.3) is 10.2 Å². The minimum atomic E-state index is 0.354. The molecule has 5 heteroatoms. The van der Waals surface area contributed by atoms with Gasteiger partial charge in [-0.1, -0.05) is 6.92 Å². The molecule has 0 atom stereocenters. The van der Waals surface area contributed by atoms with Crippen LogP contribution in [0.15, 0.2) is 6.07 Å². The zero-order valence-electron chi connectivity index (χ0n) is 9.82. The highest BCUT2D eigenvalue weighted by molar-refractivity contribution is 7.18. The molecule has 2 heterocycles. The maximum Gasteiger partial charge on any atom is 0.223 e. The lowest BCUT2D eigenvalue weighted by atomic mass is 10.3. The number of thiophene rings is 1. The van der Waals surface area contributed by atoms with Gasteiger partial charge in [-0.2, -0.15) is 4.98 Å². The number of hydrogen-bond acceptors (Lipinski definition) is 5. The molecule has 0 aromatic carbocycles. The highest BCUT2D eigenvalue weighted by atomic mass is 32.1. The van der Waals surface area contributed by atoms with E-state index in [9.17, 15) is 0 Å². The molecule has 2 aromatic rings. The Labute approximate surface area is 99.1 Å². The maximum absolute atomic E-state index is 5.73. The molecule has 16 heavy (non-hydrogen) atoms. The molecule has 0 bridgehead atoms. The molecule has 86 valence electrons. The molecule has 0 radical (unpaired) electrons. The fourth-order valence-electron chi connectivity index (χ4n) is 1.78. The number of fused-ring (bicyclic) bond motifs is 1. The molecule has 0 saturated heterocycles. The molecule has 0 amide bonds. The molecule has 0 aliphatic rings. The van der Waals surface area contributed by atoms with E-state index in [1.54, 1.807) is 11.3 Å². The molecule has 0 saturated carbocycles. The van der Waals surface area contributed by atoms with E-state index in [0.717, 1.165) is 29.0 Å². The second kappa shape index (κ2) is 4.25. The van der Waals surface area contributed by atoms with Gasteiger partial charge in [-0.05, 0) is 19.4 Å². The predicted molar refractivity (Wildman–Crippen MR) is 70.1 cm³/mol. The van der Waals surface area contributed by atoms with Crippen molar-refractivity contribution in [2.45, 2.75) is 20.3 Å². The van der Waals surface area contributed by atoms with Gasteiger partial charge in [0.2, 0.25) is 5.95 Å². The third-order valence-corrected chi connectivity index (χ3v) is 3.38. The molecule has 2 rings (SSSR count). The van der Waals surface area contributed by atoms with E-state index >= 15 is 0 Å². The van der Waals surface area contributed by atoms with Crippen molar-refractivity contribution < 1.29 is 0 Å². The fraction of sp³-hybridized carbons (Fsp3) is 0.455. The Morgan fingerprint density at radius 2 is 2.19 bits per heavy atom. The maximum atomic E-state index is 5.73. The average Bonchev–Trinajstić information content (AvgIpc) is 2.57. The molecule has 0 aliphatic heterocycles. The molecule has 0 fully saturated rings. The third kappa shape index (κ3) is 1.95. The van der Waals surface area contributed by atoms with Crippen molar-refractivity contribution in [1.82, 2.24) is 9.97 Å². The number of nitrogen functional groups attached to an aromatic ring is 1. The first-order valence-electron chi connectivity index (χ1n) is 5.36. The molecule has 0 unspecified atom stereocenters. The summed E-state index contributed by atoms with van der Waals surface area (Å²) in [6.45, 7) is 5.20. The molecule has 2 aromatic heterocycles. The summed E-state index contributed by atoms with van der Waals surface area (Å²) in [5.41, 5.74) is 5.73.